The second kappa shape index (κ2) is 7.00. The van der Waals surface area contributed by atoms with Crippen LogP contribution in [0.4, 0.5) is 0 Å². The van der Waals surface area contributed by atoms with Gasteiger partial charge >= 0.3 is 0 Å². The number of aromatic nitrogens is 2. The molecule has 3 aromatic rings. The number of pyridine rings is 1. The van der Waals surface area contributed by atoms with Gasteiger partial charge in [-0.05, 0) is 50.5 Å². The third-order valence-corrected chi connectivity index (χ3v) is 5.11. The van der Waals surface area contributed by atoms with E-state index in [0.717, 1.165) is 42.3 Å². The second-order valence-electron chi connectivity index (χ2n) is 7.10. The van der Waals surface area contributed by atoms with E-state index in [9.17, 15) is 4.79 Å². The average Bonchev–Trinajstić information content (AvgIpc) is 3.11. The summed E-state index contributed by atoms with van der Waals surface area (Å²) in [6, 6.07) is 6.11. The van der Waals surface area contributed by atoms with Gasteiger partial charge in [0.1, 0.15) is 5.78 Å². The molecular formula is C21H23N3O2. The number of carbonyl (C=O) groups is 1. The first kappa shape index (κ1) is 15.7. The van der Waals surface area contributed by atoms with E-state index in [-0.39, 0.29) is 18.1 Å². The van der Waals surface area contributed by atoms with Crippen molar-refractivity contribution in [3.05, 3.63) is 48.2 Å². The summed E-state index contributed by atoms with van der Waals surface area (Å²) in [5.74, 6) is 1.57. The van der Waals surface area contributed by atoms with E-state index < -0.39 is 0 Å². The van der Waals surface area contributed by atoms with Crippen LogP contribution in [0.2, 0.25) is 0 Å². The SMILES string of the molecule is [2H]c1c(CC(=O)C2CCN(C)CC2)ncc2ccc(-c3cnc(C)o3)cc12. The minimum absolute atomic E-state index is 0.0848. The van der Waals surface area contributed by atoms with Crippen molar-refractivity contribution >= 4 is 16.6 Å². The van der Waals surface area contributed by atoms with Crippen molar-refractivity contribution in [3.8, 4) is 11.3 Å². The molecule has 0 amide bonds. The number of nitrogens with zero attached hydrogens (tertiary/aromatic N) is 3. The number of benzene rings is 1. The van der Waals surface area contributed by atoms with E-state index in [1.807, 2.05) is 18.2 Å². The Morgan fingerprint density at radius 2 is 2.08 bits per heavy atom. The largest absolute Gasteiger partial charge is 0.441 e. The lowest BCUT2D eigenvalue weighted by Crippen LogP contribution is -2.34. The van der Waals surface area contributed by atoms with Gasteiger partial charge in [-0.1, -0.05) is 12.1 Å². The standard InChI is InChI=1S/C21H23N3O2/c1-14-22-13-21(26-14)16-3-4-17-12-23-19(10-18(17)9-16)11-20(25)15-5-7-24(2)8-6-15/h3-4,9-10,12-13,15H,5-8,11H2,1-2H3/i10D. The maximum atomic E-state index is 12.7. The molecule has 0 unspecified atom stereocenters. The molecule has 0 saturated carbocycles. The predicted molar refractivity (Wildman–Crippen MR) is 101 cm³/mol. The lowest BCUT2D eigenvalue weighted by atomic mass is 9.90. The smallest absolute Gasteiger partial charge is 0.191 e. The fourth-order valence-corrected chi connectivity index (χ4v) is 3.49. The van der Waals surface area contributed by atoms with E-state index in [1.54, 1.807) is 19.3 Å². The molecule has 0 N–H and O–H groups in total. The van der Waals surface area contributed by atoms with E-state index >= 15 is 0 Å². The topological polar surface area (TPSA) is 59.2 Å². The molecule has 0 bridgehead atoms. The molecule has 1 fully saturated rings. The van der Waals surface area contributed by atoms with Crippen molar-refractivity contribution in [2.45, 2.75) is 26.2 Å². The normalized spacial score (nSPS) is 16.8. The first-order valence-electron chi connectivity index (χ1n) is 9.53. The zero-order valence-electron chi connectivity index (χ0n) is 16.2. The molecule has 1 aromatic carbocycles. The summed E-state index contributed by atoms with van der Waals surface area (Å²) in [5, 5.41) is 1.67. The van der Waals surface area contributed by atoms with Crippen LogP contribution in [-0.4, -0.2) is 40.8 Å². The Kier molecular flexibility index (Phi) is 4.23. The Hall–Kier alpha value is -2.53. The molecular weight excluding hydrogens is 326 g/mol. The van der Waals surface area contributed by atoms with Gasteiger partial charge in [0.25, 0.3) is 0 Å². The minimum atomic E-state index is 0.0848. The van der Waals surface area contributed by atoms with Crippen molar-refractivity contribution in [1.82, 2.24) is 14.9 Å². The molecule has 26 heavy (non-hydrogen) atoms. The van der Waals surface area contributed by atoms with Crippen LogP contribution in [0, 0.1) is 12.8 Å². The summed E-state index contributed by atoms with van der Waals surface area (Å²) in [6.45, 7) is 3.71. The highest BCUT2D eigenvalue weighted by Crippen LogP contribution is 2.26. The molecule has 1 aliphatic heterocycles. The van der Waals surface area contributed by atoms with E-state index in [0.29, 0.717) is 23.4 Å². The molecule has 0 spiro atoms. The zero-order valence-corrected chi connectivity index (χ0v) is 15.2. The van der Waals surface area contributed by atoms with Gasteiger partial charge in [-0.3, -0.25) is 9.78 Å². The third kappa shape index (κ3) is 3.53. The van der Waals surface area contributed by atoms with Crippen LogP contribution in [-0.2, 0) is 11.2 Å². The minimum Gasteiger partial charge on any atom is -0.441 e. The van der Waals surface area contributed by atoms with Gasteiger partial charge < -0.3 is 9.32 Å². The second-order valence-corrected chi connectivity index (χ2v) is 7.10. The van der Waals surface area contributed by atoms with Crippen molar-refractivity contribution in [1.29, 1.82) is 0 Å². The van der Waals surface area contributed by atoms with Gasteiger partial charge in [-0.15, -0.1) is 0 Å². The fourth-order valence-electron chi connectivity index (χ4n) is 3.49. The van der Waals surface area contributed by atoms with E-state index in [4.69, 9.17) is 5.79 Å². The summed E-state index contributed by atoms with van der Waals surface area (Å²) in [7, 11) is 2.08. The fraction of sp³-hybridized carbons (Fsp3) is 0.381. The van der Waals surface area contributed by atoms with Gasteiger partial charge in [0.05, 0.1) is 7.57 Å². The van der Waals surface area contributed by atoms with Crippen molar-refractivity contribution < 1.29 is 10.6 Å². The summed E-state index contributed by atoms with van der Waals surface area (Å²) in [6.07, 6.45) is 5.46. The lowest BCUT2D eigenvalue weighted by Gasteiger charge is -2.27. The molecule has 1 saturated heterocycles. The molecule has 2 aromatic heterocycles. The van der Waals surface area contributed by atoms with E-state index in [1.165, 1.54) is 0 Å². The van der Waals surface area contributed by atoms with Crippen LogP contribution in [0.25, 0.3) is 22.1 Å². The highest BCUT2D eigenvalue weighted by Gasteiger charge is 2.23. The molecule has 1 aliphatic rings. The third-order valence-electron chi connectivity index (χ3n) is 5.11. The lowest BCUT2D eigenvalue weighted by molar-refractivity contribution is -0.123. The molecule has 5 nitrogen and oxygen atoms in total. The Morgan fingerprint density at radius 1 is 1.27 bits per heavy atom. The monoisotopic (exact) mass is 350 g/mol. The number of ketones is 1. The van der Waals surface area contributed by atoms with Crippen molar-refractivity contribution in [2.75, 3.05) is 20.1 Å². The van der Waals surface area contributed by atoms with Crippen molar-refractivity contribution in [3.63, 3.8) is 0 Å². The van der Waals surface area contributed by atoms with Gasteiger partial charge in [-0.2, -0.15) is 0 Å². The van der Waals surface area contributed by atoms with Gasteiger partial charge in [-0.25, -0.2) is 4.98 Å². The molecule has 0 atom stereocenters. The van der Waals surface area contributed by atoms with Crippen molar-refractivity contribution in [2.24, 2.45) is 5.92 Å². The summed E-state index contributed by atoms with van der Waals surface area (Å²) in [5.41, 5.74) is 1.42. The number of fused-ring (bicyclic) bond motifs is 1. The Balaban J connectivity index is 1.61. The summed E-state index contributed by atoms with van der Waals surface area (Å²) >= 11 is 0. The number of aryl methyl sites for hydroxylation is 1. The first-order chi connectivity index (χ1) is 13.0. The maximum absolute atomic E-state index is 12.7. The van der Waals surface area contributed by atoms with Crippen LogP contribution in [0.15, 0.2) is 41.1 Å². The van der Waals surface area contributed by atoms with Crippen LogP contribution in [0.1, 0.15) is 25.8 Å². The average molecular weight is 350 g/mol. The number of hydrogen-bond donors (Lipinski definition) is 0. The summed E-state index contributed by atoms with van der Waals surface area (Å²) < 4.78 is 14.2. The zero-order chi connectivity index (χ0) is 19.0. The summed E-state index contributed by atoms with van der Waals surface area (Å²) in [4.78, 5) is 23.5. The van der Waals surface area contributed by atoms with Gasteiger partial charge in [0, 0.05) is 42.1 Å². The first-order valence-corrected chi connectivity index (χ1v) is 9.03. The number of likely N-dealkylation sites (tertiary alicyclic amines) is 1. The Labute approximate surface area is 154 Å². The van der Waals surface area contributed by atoms with Crippen LogP contribution in [0.5, 0.6) is 0 Å². The van der Waals surface area contributed by atoms with Crippen LogP contribution in [0.3, 0.4) is 0 Å². The van der Waals surface area contributed by atoms with Crippen LogP contribution >= 0.6 is 0 Å². The number of carbonyl (C=O) groups excluding carboxylic acids is 1. The highest BCUT2D eigenvalue weighted by molar-refractivity contribution is 5.88. The molecule has 5 heteroatoms. The number of oxazole rings is 1. The predicted octanol–water partition coefficient (Wildman–Crippen LogP) is 3.65. The maximum Gasteiger partial charge on any atom is 0.191 e. The molecule has 0 radical (unpaired) electrons. The van der Waals surface area contributed by atoms with Gasteiger partial charge in [0.15, 0.2) is 11.7 Å². The highest BCUT2D eigenvalue weighted by atomic mass is 16.4. The van der Waals surface area contributed by atoms with Gasteiger partial charge in [0.2, 0.25) is 0 Å². The number of hydrogen-bond acceptors (Lipinski definition) is 5. The molecule has 3 heterocycles. The Morgan fingerprint density at radius 3 is 2.81 bits per heavy atom. The number of rotatable bonds is 4. The van der Waals surface area contributed by atoms with E-state index in [2.05, 4.69) is 21.9 Å². The number of piperidine rings is 1. The molecule has 134 valence electrons. The molecule has 0 aliphatic carbocycles. The molecule has 4 rings (SSSR count). The number of Topliss-reactive ketones (excluding diaryl/α,β-unsaturated/α-hetero) is 1. The van der Waals surface area contributed by atoms with Crippen LogP contribution < -0.4 is 0 Å². The quantitative estimate of drug-likeness (QED) is 0.719. The Bertz CT molecular complexity index is 990.